The molecule has 0 aromatic heterocycles. The van der Waals surface area contributed by atoms with E-state index < -0.39 is 0 Å². The number of methoxy groups -OCH3 is 1. The Morgan fingerprint density at radius 1 is 1.25 bits per heavy atom. The van der Waals surface area contributed by atoms with Crippen LogP contribution in [0.3, 0.4) is 0 Å². The van der Waals surface area contributed by atoms with Gasteiger partial charge < -0.3 is 14.8 Å². The van der Waals surface area contributed by atoms with Crippen LogP contribution >= 0.6 is 0 Å². The molecule has 0 bridgehead atoms. The van der Waals surface area contributed by atoms with Crippen molar-refractivity contribution in [2.45, 2.75) is 58.7 Å². The highest BCUT2D eigenvalue weighted by atomic mass is 16.5. The third-order valence-electron chi connectivity index (χ3n) is 4.02. The van der Waals surface area contributed by atoms with E-state index >= 15 is 0 Å². The molecule has 1 saturated carbocycles. The molecule has 1 aromatic carbocycles. The van der Waals surface area contributed by atoms with E-state index in [0.29, 0.717) is 6.04 Å². The second-order valence-electron chi connectivity index (χ2n) is 6.05. The van der Waals surface area contributed by atoms with Gasteiger partial charge in [-0.3, -0.25) is 0 Å². The summed E-state index contributed by atoms with van der Waals surface area (Å²) in [6, 6.07) is 6.86. The van der Waals surface area contributed by atoms with Gasteiger partial charge in [0.05, 0.1) is 13.2 Å². The van der Waals surface area contributed by atoms with Gasteiger partial charge in [0.1, 0.15) is 0 Å². The Bertz CT molecular complexity index is 431. The Morgan fingerprint density at radius 2 is 2.05 bits per heavy atom. The molecule has 3 nitrogen and oxygen atoms in total. The van der Waals surface area contributed by atoms with Crippen molar-refractivity contribution in [1.29, 1.82) is 0 Å². The number of hydrogen-bond acceptors (Lipinski definition) is 3. The molecule has 0 radical (unpaired) electrons. The number of rotatable bonds is 6. The summed E-state index contributed by atoms with van der Waals surface area (Å²) in [4.78, 5) is 0. The molecule has 112 valence electrons. The maximum absolute atomic E-state index is 5.74. The largest absolute Gasteiger partial charge is 0.493 e. The van der Waals surface area contributed by atoms with Crippen LogP contribution in [-0.4, -0.2) is 19.3 Å². The Labute approximate surface area is 122 Å². The van der Waals surface area contributed by atoms with Crippen LogP contribution in [0.5, 0.6) is 11.5 Å². The normalized spacial score (nSPS) is 22.2. The number of hydrogen-bond donors (Lipinski definition) is 1. The molecule has 1 aliphatic carbocycles. The van der Waals surface area contributed by atoms with Crippen molar-refractivity contribution in [1.82, 2.24) is 5.32 Å². The summed E-state index contributed by atoms with van der Waals surface area (Å²) in [6.45, 7) is 7.28. The van der Waals surface area contributed by atoms with Crippen molar-refractivity contribution >= 4 is 0 Å². The molecule has 0 spiro atoms. The van der Waals surface area contributed by atoms with E-state index in [-0.39, 0.29) is 6.10 Å². The van der Waals surface area contributed by atoms with E-state index in [2.05, 4.69) is 24.4 Å². The fourth-order valence-electron chi connectivity index (χ4n) is 2.87. The van der Waals surface area contributed by atoms with E-state index in [4.69, 9.17) is 9.47 Å². The van der Waals surface area contributed by atoms with Crippen molar-refractivity contribution in [3.05, 3.63) is 23.8 Å². The molecule has 2 rings (SSSR count). The van der Waals surface area contributed by atoms with Gasteiger partial charge in [-0.25, -0.2) is 0 Å². The van der Waals surface area contributed by atoms with E-state index in [0.717, 1.165) is 24.0 Å². The Balaban J connectivity index is 1.98. The third-order valence-corrected chi connectivity index (χ3v) is 4.02. The zero-order valence-electron chi connectivity index (χ0n) is 13.1. The molecule has 2 atom stereocenters. The summed E-state index contributed by atoms with van der Waals surface area (Å²) in [5, 5.41) is 3.66. The second kappa shape index (κ2) is 6.98. The second-order valence-corrected chi connectivity index (χ2v) is 6.05. The summed E-state index contributed by atoms with van der Waals surface area (Å²) < 4.78 is 11.2. The summed E-state index contributed by atoms with van der Waals surface area (Å²) in [7, 11) is 1.69. The fourth-order valence-corrected chi connectivity index (χ4v) is 2.87. The minimum Gasteiger partial charge on any atom is -0.493 e. The van der Waals surface area contributed by atoms with Crippen molar-refractivity contribution in [3.63, 3.8) is 0 Å². The number of benzene rings is 1. The van der Waals surface area contributed by atoms with Gasteiger partial charge in [-0.2, -0.15) is 0 Å². The lowest BCUT2D eigenvalue weighted by molar-refractivity contribution is 0.230. The molecule has 0 heterocycles. The lowest BCUT2D eigenvalue weighted by Crippen LogP contribution is -2.30. The Hall–Kier alpha value is -1.22. The van der Waals surface area contributed by atoms with Gasteiger partial charge in [0.2, 0.25) is 0 Å². The zero-order chi connectivity index (χ0) is 14.5. The third kappa shape index (κ3) is 3.89. The molecule has 0 aliphatic heterocycles. The first-order chi connectivity index (χ1) is 9.60. The van der Waals surface area contributed by atoms with E-state index in [9.17, 15) is 0 Å². The maximum Gasteiger partial charge on any atom is 0.161 e. The van der Waals surface area contributed by atoms with Crippen LogP contribution in [0, 0.1) is 5.92 Å². The van der Waals surface area contributed by atoms with Gasteiger partial charge in [-0.15, -0.1) is 0 Å². The molecule has 3 heteroatoms. The Morgan fingerprint density at radius 3 is 2.65 bits per heavy atom. The summed E-state index contributed by atoms with van der Waals surface area (Å²) in [6.07, 6.45) is 4.16. The lowest BCUT2D eigenvalue weighted by Gasteiger charge is -2.18. The topological polar surface area (TPSA) is 30.5 Å². The summed E-state index contributed by atoms with van der Waals surface area (Å²) >= 11 is 0. The SMILES string of the molecule is COc1cc(CNC2CCCC2C)ccc1OC(C)C. The minimum atomic E-state index is 0.159. The smallest absolute Gasteiger partial charge is 0.161 e. The molecule has 0 saturated heterocycles. The van der Waals surface area contributed by atoms with E-state index in [1.807, 2.05) is 19.9 Å². The van der Waals surface area contributed by atoms with Crippen molar-refractivity contribution in [2.75, 3.05) is 7.11 Å². The quantitative estimate of drug-likeness (QED) is 0.859. The fraction of sp³-hybridized carbons (Fsp3) is 0.647. The minimum absolute atomic E-state index is 0.159. The van der Waals surface area contributed by atoms with Crippen LogP contribution in [0.25, 0.3) is 0 Å². The van der Waals surface area contributed by atoms with Crippen molar-refractivity contribution in [2.24, 2.45) is 5.92 Å². The van der Waals surface area contributed by atoms with Crippen LogP contribution in [-0.2, 0) is 6.54 Å². The Kier molecular flexibility index (Phi) is 5.30. The average molecular weight is 277 g/mol. The first-order valence-corrected chi connectivity index (χ1v) is 7.67. The first kappa shape index (κ1) is 15.2. The van der Waals surface area contributed by atoms with E-state index in [1.165, 1.54) is 24.8 Å². The molecular weight excluding hydrogens is 250 g/mol. The first-order valence-electron chi connectivity index (χ1n) is 7.67. The number of ether oxygens (including phenoxy) is 2. The molecule has 1 aliphatic rings. The van der Waals surface area contributed by atoms with Crippen LogP contribution in [0.1, 0.15) is 45.6 Å². The molecular formula is C17H27NO2. The molecule has 20 heavy (non-hydrogen) atoms. The molecule has 1 fully saturated rings. The highest BCUT2D eigenvalue weighted by Gasteiger charge is 2.22. The molecule has 1 aromatic rings. The molecule has 0 amide bonds. The molecule has 2 unspecified atom stereocenters. The van der Waals surface area contributed by atoms with Crippen molar-refractivity contribution in [3.8, 4) is 11.5 Å². The highest BCUT2D eigenvalue weighted by molar-refractivity contribution is 5.43. The standard InChI is InChI=1S/C17H27NO2/c1-12(2)20-16-9-8-14(10-17(16)19-4)11-18-15-7-5-6-13(15)3/h8-10,12-13,15,18H,5-7,11H2,1-4H3. The van der Waals surface area contributed by atoms with Gasteiger partial charge in [0, 0.05) is 12.6 Å². The van der Waals surface area contributed by atoms with Crippen molar-refractivity contribution < 1.29 is 9.47 Å². The van der Waals surface area contributed by atoms with Crippen LogP contribution in [0.15, 0.2) is 18.2 Å². The van der Waals surface area contributed by atoms with Gasteiger partial charge in [0.15, 0.2) is 11.5 Å². The summed E-state index contributed by atoms with van der Waals surface area (Å²) in [5.41, 5.74) is 1.25. The summed E-state index contributed by atoms with van der Waals surface area (Å²) in [5.74, 6) is 2.43. The van der Waals surface area contributed by atoms with Crippen LogP contribution in [0.4, 0.5) is 0 Å². The zero-order valence-corrected chi connectivity index (χ0v) is 13.1. The van der Waals surface area contributed by atoms with Crippen LogP contribution < -0.4 is 14.8 Å². The van der Waals surface area contributed by atoms with Gasteiger partial charge >= 0.3 is 0 Å². The van der Waals surface area contributed by atoms with Crippen LogP contribution in [0.2, 0.25) is 0 Å². The molecule has 1 N–H and O–H groups in total. The number of nitrogens with one attached hydrogen (secondary N) is 1. The average Bonchev–Trinajstić information content (AvgIpc) is 2.82. The highest BCUT2D eigenvalue weighted by Crippen LogP contribution is 2.29. The van der Waals surface area contributed by atoms with Gasteiger partial charge in [-0.1, -0.05) is 19.4 Å². The maximum atomic E-state index is 5.74. The van der Waals surface area contributed by atoms with Gasteiger partial charge in [-0.05, 0) is 50.3 Å². The van der Waals surface area contributed by atoms with Gasteiger partial charge in [0.25, 0.3) is 0 Å². The lowest BCUT2D eigenvalue weighted by atomic mass is 10.1. The monoisotopic (exact) mass is 277 g/mol. The predicted molar refractivity (Wildman–Crippen MR) is 82.4 cm³/mol. The van der Waals surface area contributed by atoms with E-state index in [1.54, 1.807) is 7.11 Å². The predicted octanol–water partition coefficient (Wildman–Crippen LogP) is 3.76.